The normalized spacial score (nSPS) is 12.1. The zero-order valence-electron chi connectivity index (χ0n) is 31.3. The molecule has 0 bridgehead atoms. The van der Waals surface area contributed by atoms with Crippen LogP contribution in [-0.2, 0) is 0 Å². The molecule has 0 saturated heterocycles. The molecule has 270 valence electrons. The van der Waals surface area contributed by atoms with Crippen molar-refractivity contribution >= 4 is 87.4 Å². The summed E-state index contributed by atoms with van der Waals surface area (Å²) in [5, 5.41) is 9.53. The molecule has 13 rings (SSSR count). The van der Waals surface area contributed by atoms with Gasteiger partial charge in [-0.05, 0) is 96.1 Å². The Morgan fingerprint density at radius 1 is 0.293 bits per heavy atom. The van der Waals surface area contributed by atoms with Crippen molar-refractivity contribution in [1.82, 2.24) is 13.7 Å². The van der Waals surface area contributed by atoms with Gasteiger partial charge in [0.05, 0.1) is 38.5 Å². The summed E-state index contributed by atoms with van der Waals surface area (Å²) < 4.78 is 14.0. The first kappa shape index (κ1) is 31.4. The van der Waals surface area contributed by atoms with Crippen LogP contribution in [0.25, 0.3) is 116 Å². The first-order valence-electron chi connectivity index (χ1n) is 19.9. The lowest BCUT2D eigenvalue weighted by molar-refractivity contribution is 0.673. The highest BCUT2D eigenvalue weighted by Crippen LogP contribution is 2.45. The summed E-state index contributed by atoms with van der Waals surface area (Å²) >= 11 is 0. The van der Waals surface area contributed by atoms with Gasteiger partial charge in [-0.15, -0.1) is 0 Å². The summed E-state index contributed by atoms with van der Waals surface area (Å²) in [7, 11) is 0. The lowest BCUT2D eigenvalue weighted by Gasteiger charge is -2.10. The van der Waals surface area contributed by atoms with E-state index < -0.39 is 0 Å². The summed E-state index contributed by atoms with van der Waals surface area (Å²) in [5.41, 5.74) is 14.6. The lowest BCUT2D eigenvalue weighted by atomic mass is 10.00. The molecule has 0 aliphatic carbocycles. The molecular weight excluding hydrogens is 707 g/mol. The maximum Gasteiger partial charge on any atom is 0.145 e. The molecule has 0 aliphatic rings. The Hall–Kier alpha value is -7.82. The Labute approximate surface area is 332 Å². The summed E-state index contributed by atoms with van der Waals surface area (Å²) in [6, 6.07) is 72.4. The van der Waals surface area contributed by atoms with Crippen LogP contribution in [0.2, 0.25) is 0 Å². The molecule has 0 N–H and O–H groups in total. The van der Waals surface area contributed by atoms with Gasteiger partial charge in [-0.1, -0.05) is 115 Å². The number of fused-ring (bicyclic) bond motifs is 14. The predicted molar refractivity (Wildman–Crippen MR) is 242 cm³/mol. The van der Waals surface area contributed by atoms with Crippen molar-refractivity contribution in [1.29, 1.82) is 0 Å². The average molecular weight is 740 g/mol. The number of nitrogens with zero attached hydrogens (tertiary/aromatic N) is 3. The standard InChI is InChI=1S/C54H33N3O/c1-4-14-36(15-5-1)55-46-29-25-34(32-44(46)52-48(55)31-28-42-40-21-11-13-23-50(40)58-54(42)52)35-24-26-43-49(33-35)56(37-16-6-2-7-17-37)47-30-27-41-39-20-10-12-22-45(39)57(53(41)51(43)47)38-18-8-3-9-19-38/h1-33H. The second kappa shape index (κ2) is 11.8. The van der Waals surface area contributed by atoms with Gasteiger partial charge in [0.15, 0.2) is 0 Å². The quantitative estimate of drug-likeness (QED) is 0.177. The largest absolute Gasteiger partial charge is 0.455 e. The molecular formula is C54H33N3O. The lowest BCUT2D eigenvalue weighted by Crippen LogP contribution is -1.95. The second-order valence-electron chi connectivity index (χ2n) is 15.3. The van der Waals surface area contributed by atoms with Crippen LogP contribution in [0.4, 0.5) is 0 Å². The third-order valence-electron chi connectivity index (χ3n) is 12.2. The van der Waals surface area contributed by atoms with E-state index in [1.807, 2.05) is 6.07 Å². The topological polar surface area (TPSA) is 27.9 Å². The van der Waals surface area contributed by atoms with Gasteiger partial charge in [-0.25, -0.2) is 0 Å². The van der Waals surface area contributed by atoms with E-state index in [0.29, 0.717) is 0 Å². The van der Waals surface area contributed by atoms with Gasteiger partial charge in [-0.2, -0.15) is 0 Å². The molecule has 0 saturated carbocycles. The van der Waals surface area contributed by atoms with Crippen molar-refractivity contribution in [2.75, 3.05) is 0 Å². The molecule has 0 unspecified atom stereocenters. The SMILES string of the molecule is c1ccc(-n2c3ccc(-c4ccc5c6c(ccc7c8ccccc8n(-c8ccccc8)c76)n(-c6ccccc6)c5c4)cc3c3c4oc5ccccc5c4ccc32)cc1. The highest BCUT2D eigenvalue weighted by atomic mass is 16.3. The molecule has 4 nitrogen and oxygen atoms in total. The maximum atomic E-state index is 6.70. The van der Waals surface area contributed by atoms with Crippen LogP contribution in [-0.4, -0.2) is 13.7 Å². The predicted octanol–water partition coefficient (Wildman–Crippen LogP) is 14.5. The minimum Gasteiger partial charge on any atom is -0.455 e. The van der Waals surface area contributed by atoms with E-state index in [1.54, 1.807) is 0 Å². The highest BCUT2D eigenvalue weighted by molar-refractivity contribution is 6.27. The van der Waals surface area contributed by atoms with Crippen molar-refractivity contribution in [2.24, 2.45) is 0 Å². The molecule has 0 radical (unpaired) electrons. The smallest absolute Gasteiger partial charge is 0.145 e. The van der Waals surface area contributed by atoms with Gasteiger partial charge in [0.2, 0.25) is 0 Å². The van der Waals surface area contributed by atoms with Gasteiger partial charge in [0.25, 0.3) is 0 Å². The fraction of sp³-hybridized carbons (Fsp3) is 0. The molecule has 0 atom stereocenters. The van der Waals surface area contributed by atoms with Gasteiger partial charge in [-0.3, -0.25) is 0 Å². The Morgan fingerprint density at radius 2 is 0.810 bits per heavy atom. The van der Waals surface area contributed by atoms with E-state index in [9.17, 15) is 0 Å². The van der Waals surface area contributed by atoms with Gasteiger partial charge in [0.1, 0.15) is 11.2 Å². The van der Waals surface area contributed by atoms with Crippen molar-refractivity contribution in [2.45, 2.75) is 0 Å². The first-order valence-corrected chi connectivity index (χ1v) is 19.9. The van der Waals surface area contributed by atoms with Crippen molar-refractivity contribution in [3.63, 3.8) is 0 Å². The summed E-state index contributed by atoms with van der Waals surface area (Å²) in [5.74, 6) is 0. The zero-order valence-corrected chi connectivity index (χ0v) is 31.3. The van der Waals surface area contributed by atoms with Gasteiger partial charge in [0, 0.05) is 54.8 Å². The highest BCUT2D eigenvalue weighted by Gasteiger charge is 2.23. The Morgan fingerprint density at radius 3 is 1.55 bits per heavy atom. The Balaban J connectivity index is 1.12. The summed E-state index contributed by atoms with van der Waals surface area (Å²) in [6.07, 6.45) is 0. The molecule has 13 aromatic rings. The third-order valence-corrected chi connectivity index (χ3v) is 12.2. The monoisotopic (exact) mass is 739 g/mol. The van der Waals surface area contributed by atoms with Gasteiger partial charge < -0.3 is 18.1 Å². The van der Waals surface area contributed by atoms with Crippen molar-refractivity contribution in [3.05, 3.63) is 200 Å². The van der Waals surface area contributed by atoms with E-state index in [4.69, 9.17) is 4.42 Å². The number of benzene rings is 9. The number of furan rings is 1. The minimum absolute atomic E-state index is 0.904. The molecule has 0 fully saturated rings. The Bertz CT molecular complexity index is 3770. The van der Waals surface area contributed by atoms with Crippen molar-refractivity contribution in [3.8, 4) is 28.2 Å². The second-order valence-corrected chi connectivity index (χ2v) is 15.3. The van der Waals surface area contributed by atoms with Crippen LogP contribution in [0.1, 0.15) is 0 Å². The molecule has 4 aromatic heterocycles. The number of hydrogen-bond acceptors (Lipinski definition) is 1. The minimum atomic E-state index is 0.904. The third kappa shape index (κ3) is 4.29. The summed E-state index contributed by atoms with van der Waals surface area (Å²) in [6.45, 7) is 0. The molecule has 0 aliphatic heterocycles. The van der Waals surface area contributed by atoms with Crippen LogP contribution in [0, 0.1) is 0 Å². The maximum absolute atomic E-state index is 6.70. The molecule has 0 spiro atoms. The van der Waals surface area contributed by atoms with Crippen LogP contribution >= 0.6 is 0 Å². The molecule has 4 heterocycles. The fourth-order valence-corrected chi connectivity index (χ4v) is 9.76. The van der Waals surface area contributed by atoms with E-state index >= 15 is 0 Å². The van der Waals surface area contributed by atoms with E-state index in [0.717, 1.165) is 66.5 Å². The average Bonchev–Trinajstić information content (AvgIpc) is 4.03. The fourth-order valence-electron chi connectivity index (χ4n) is 9.76. The zero-order chi connectivity index (χ0) is 37.9. The molecule has 58 heavy (non-hydrogen) atoms. The van der Waals surface area contributed by atoms with Crippen LogP contribution in [0.5, 0.6) is 0 Å². The van der Waals surface area contributed by atoms with Crippen LogP contribution in [0.3, 0.4) is 0 Å². The van der Waals surface area contributed by atoms with Crippen LogP contribution in [0.15, 0.2) is 205 Å². The Kier molecular flexibility index (Phi) is 6.41. The van der Waals surface area contributed by atoms with E-state index in [2.05, 4.69) is 208 Å². The number of hydrogen-bond donors (Lipinski definition) is 0. The summed E-state index contributed by atoms with van der Waals surface area (Å²) in [4.78, 5) is 0. The number of aromatic nitrogens is 3. The number of para-hydroxylation sites is 5. The molecule has 0 amide bonds. The van der Waals surface area contributed by atoms with E-state index in [1.165, 1.54) is 49.0 Å². The first-order chi connectivity index (χ1) is 28.8. The number of rotatable bonds is 4. The van der Waals surface area contributed by atoms with Gasteiger partial charge >= 0.3 is 0 Å². The molecule has 4 heteroatoms. The molecule has 9 aromatic carbocycles. The van der Waals surface area contributed by atoms with Crippen molar-refractivity contribution < 1.29 is 4.42 Å². The van der Waals surface area contributed by atoms with Crippen LogP contribution < -0.4 is 0 Å². The van der Waals surface area contributed by atoms with E-state index in [-0.39, 0.29) is 0 Å².